The van der Waals surface area contributed by atoms with Crippen LogP contribution >= 0.6 is 0 Å². The third-order valence-electron chi connectivity index (χ3n) is 4.57. The van der Waals surface area contributed by atoms with E-state index < -0.39 is 0 Å². The quantitative estimate of drug-likeness (QED) is 0.927. The molecular formula is C17H25NO3. The van der Waals surface area contributed by atoms with Gasteiger partial charge in [0, 0.05) is 37.5 Å². The van der Waals surface area contributed by atoms with Crippen molar-refractivity contribution in [1.29, 1.82) is 0 Å². The van der Waals surface area contributed by atoms with Gasteiger partial charge in [-0.15, -0.1) is 0 Å². The van der Waals surface area contributed by atoms with E-state index in [1.54, 1.807) is 0 Å². The third kappa shape index (κ3) is 3.23. The maximum Gasteiger partial charge on any atom is 0.124 e. The fraction of sp³-hybridized carbons (Fsp3) is 0.647. The molecule has 0 bridgehead atoms. The second-order valence-corrected chi connectivity index (χ2v) is 6.12. The van der Waals surface area contributed by atoms with Gasteiger partial charge in [-0.3, -0.25) is 0 Å². The Bertz CT molecular complexity index is 471. The van der Waals surface area contributed by atoms with E-state index in [4.69, 9.17) is 19.9 Å². The summed E-state index contributed by atoms with van der Waals surface area (Å²) in [5.74, 6) is 0.924. The van der Waals surface area contributed by atoms with E-state index in [-0.39, 0.29) is 17.7 Å². The van der Waals surface area contributed by atoms with E-state index in [9.17, 15) is 0 Å². The molecule has 3 atom stereocenters. The average molecular weight is 291 g/mol. The van der Waals surface area contributed by atoms with Crippen LogP contribution in [0.4, 0.5) is 0 Å². The van der Waals surface area contributed by atoms with Gasteiger partial charge in [-0.1, -0.05) is 25.1 Å². The molecule has 2 N–H and O–H groups in total. The first-order valence-corrected chi connectivity index (χ1v) is 7.95. The van der Waals surface area contributed by atoms with Crippen LogP contribution in [-0.2, 0) is 9.47 Å². The van der Waals surface area contributed by atoms with Gasteiger partial charge in [0.2, 0.25) is 0 Å². The first kappa shape index (κ1) is 14.8. The summed E-state index contributed by atoms with van der Waals surface area (Å²) in [6.45, 7) is 4.34. The van der Waals surface area contributed by atoms with Crippen LogP contribution in [0.15, 0.2) is 24.3 Å². The SMILES string of the molecule is CC[C@@H](N)c1ccccc1OC1CCOC2(CCOC2)C1. The molecular weight excluding hydrogens is 266 g/mol. The van der Waals surface area contributed by atoms with Gasteiger partial charge in [0.25, 0.3) is 0 Å². The maximum atomic E-state index is 6.28. The second kappa shape index (κ2) is 6.34. The summed E-state index contributed by atoms with van der Waals surface area (Å²) in [4.78, 5) is 0. The van der Waals surface area contributed by atoms with Crippen LogP contribution in [0, 0.1) is 0 Å². The number of para-hydroxylation sites is 1. The van der Waals surface area contributed by atoms with Crippen LogP contribution < -0.4 is 10.5 Å². The highest BCUT2D eigenvalue weighted by Gasteiger charge is 2.41. The van der Waals surface area contributed by atoms with E-state index in [1.807, 2.05) is 18.2 Å². The molecule has 21 heavy (non-hydrogen) atoms. The van der Waals surface area contributed by atoms with Gasteiger partial charge < -0.3 is 19.9 Å². The number of hydrogen-bond donors (Lipinski definition) is 1. The summed E-state index contributed by atoms with van der Waals surface area (Å²) in [7, 11) is 0. The minimum absolute atomic E-state index is 0.0322. The number of rotatable bonds is 4. The van der Waals surface area contributed by atoms with Crippen LogP contribution in [0.1, 0.15) is 44.2 Å². The molecule has 2 aliphatic rings. The van der Waals surface area contributed by atoms with Crippen molar-refractivity contribution in [1.82, 2.24) is 0 Å². The number of nitrogens with two attached hydrogens (primary N) is 1. The lowest BCUT2D eigenvalue weighted by molar-refractivity contribution is -0.112. The highest BCUT2D eigenvalue weighted by Crippen LogP contribution is 2.35. The van der Waals surface area contributed by atoms with Crippen molar-refractivity contribution in [2.45, 2.75) is 50.4 Å². The summed E-state index contributed by atoms with van der Waals surface area (Å²) < 4.78 is 17.8. The Labute approximate surface area is 126 Å². The molecule has 0 aromatic heterocycles. The van der Waals surface area contributed by atoms with Gasteiger partial charge in [0.05, 0.1) is 18.8 Å². The summed E-state index contributed by atoms with van der Waals surface area (Å²) in [6, 6.07) is 8.16. The van der Waals surface area contributed by atoms with Crippen molar-refractivity contribution in [2.75, 3.05) is 19.8 Å². The molecule has 116 valence electrons. The minimum Gasteiger partial charge on any atom is -0.490 e. The third-order valence-corrected chi connectivity index (χ3v) is 4.57. The van der Waals surface area contributed by atoms with Crippen LogP contribution in [0.2, 0.25) is 0 Å². The summed E-state index contributed by atoms with van der Waals surface area (Å²) in [5.41, 5.74) is 7.17. The largest absolute Gasteiger partial charge is 0.490 e. The zero-order valence-electron chi connectivity index (χ0n) is 12.7. The van der Waals surface area contributed by atoms with Gasteiger partial charge in [0.15, 0.2) is 0 Å². The number of benzene rings is 1. The summed E-state index contributed by atoms with van der Waals surface area (Å²) in [6.07, 6.45) is 3.90. The molecule has 0 radical (unpaired) electrons. The van der Waals surface area contributed by atoms with Crippen molar-refractivity contribution in [3.63, 3.8) is 0 Å². The Morgan fingerprint density at radius 3 is 3.00 bits per heavy atom. The number of hydrogen-bond acceptors (Lipinski definition) is 4. The highest BCUT2D eigenvalue weighted by molar-refractivity contribution is 5.36. The molecule has 0 amide bonds. The topological polar surface area (TPSA) is 53.7 Å². The van der Waals surface area contributed by atoms with Crippen molar-refractivity contribution in [3.05, 3.63) is 29.8 Å². The Hall–Kier alpha value is -1.10. The molecule has 2 aliphatic heterocycles. The molecule has 1 aromatic rings. The molecule has 2 unspecified atom stereocenters. The summed E-state index contributed by atoms with van der Waals surface area (Å²) in [5, 5.41) is 0. The lowest BCUT2D eigenvalue weighted by Gasteiger charge is -2.37. The molecule has 2 saturated heterocycles. The van der Waals surface area contributed by atoms with Gasteiger partial charge in [-0.25, -0.2) is 0 Å². The van der Waals surface area contributed by atoms with E-state index in [0.29, 0.717) is 6.61 Å². The zero-order valence-corrected chi connectivity index (χ0v) is 12.7. The zero-order chi connectivity index (χ0) is 14.7. The molecule has 4 nitrogen and oxygen atoms in total. The first-order chi connectivity index (χ1) is 10.2. The fourth-order valence-corrected chi connectivity index (χ4v) is 3.24. The lowest BCUT2D eigenvalue weighted by Crippen LogP contribution is -2.44. The Kier molecular flexibility index (Phi) is 4.48. The molecule has 2 heterocycles. The monoisotopic (exact) mass is 291 g/mol. The lowest BCUT2D eigenvalue weighted by atomic mass is 9.91. The van der Waals surface area contributed by atoms with Crippen molar-refractivity contribution < 1.29 is 14.2 Å². The predicted octanol–water partition coefficient (Wildman–Crippen LogP) is 2.81. The molecule has 1 spiro atoms. The molecule has 3 rings (SSSR count). The van der Waals surface area contributed by atoms with Crippen molar-refractivity contribution in [3.8, 4) is 5.75 Å². The van der Waals surface area contributed by atoms with Gasteiger partial charge in [0.1, 0.15) is 11.9 Å². The van der Waals surface area contributed by atoms with Crippen LogP contribution in [0.3, 0.4) is 0 Å². The second-order valence-electron chi connectivity index (χ2n) is 6.12. The van der Waals surface area contributed by atoms with E-state index >= 15 is 0 Å². The molecule has 4 heteroatoms. The van der Waals surface area contributed by atoms with Crippen molar-refractivity contribution in [2.24, 2.45) is 5.73 Å². The number of ether oxygens (including phenoxy) is 3. The Morgan fingerprint density at radius 1 is 1.38 bits per heavy atom. The Morgan fingerprint density at radius 2 is 2.24 bits per heavy atom. The molecule has 0 saturated carbocycles. The van der Waals surface area contributed by atoms with E-state index in [0.717, 1.165) is 50.2 Å². The predicted molar refractivity (Wildman–Crippen MR) is 81.4 cm³/mol. The van der Waals surface area contributed by atoms with Crippen LogP contribution in [-0.4, -0.2) is 31.5 Å². The summed E-state index contributed by atoms with van der Waals surface area (Å²) >= 11 is 0. The molecule has 0 aliphatic carbocycles. The van der Waals surface area contributed by atoms with Gasteiger partial charge >= 0.3 is 0 Å². The Balaban J connectivity index is 1.71. The first-order valence-electron chi connectivity index (χ1n) is 7.95. The standard InChI is InChI=1S/C17H25NO3/c1-2-15(18)14-5-3-4-6-16(14)21-13-7-9-20-17(11-13)8-10-19-12-17/h3-6,13,15H,2,7-12,18H2,1H3/t13?,15-,17?/m1/s1. The van der Waals surface area contributed by atoms with Gasteiger partial charge in [-0.2, -0.15) is 0 Å². The maximum absolute atomic E-state index is 6.28. The van der Waals surface area contributed by atoms with Gasteiger partial charge in [-0.05, 0) is 12.5 Å². The highest BCUT2D eigenvalue weighted by atomic mass is 16.6. The van der Waals surface area contributed by atoms with Crippen LogP contribution in [0.5, 0.6) is 5.75 Å². The molecule has 1 aromatic carbocycles. The normalized spacial score (nSPS) is 30.5. The minimum atomic E-state index is -0.120. The van der Waals surface area contributed by atoms with E-state index in [1.165, 1.54) is 0 Å². The van der Waals surface area contributed by atoms with Crippen molar-refractivity contribution >= 4 is 0 Å². The smallest absolute Gasteiger partial charge is 0.124 e. The van der Waals surface area contributed by atoms with E-state index in [2.05, 4.69) is 13.0 Å². The average Bonchev–Trinajstić information content (AvgIpc) is 2.95. The fourth-order valence-electron chi connectivity index (χ4n) is 3.24. The molecule has 2 fully saturated rings. The van der Waals surface area contributed by atoms with Crippen LogP contribution in [0.25, 0.3) is 0 Å².